The summed E-state index contributed by atoms with van der Waals surface area (Å²) in [5.74, 6) is 0.431. The Balaban J connectivity index is 1.72. The van der Waals surface area contributed by atoms with Crippen LogP contribution < -0.4 is 4.74 Å². The number of ether oxygens (including phenoxy) is 2. The number of fused-ring (bicyclic) bond motifs is 1. The van der Waals surface area contributed by atoms with Crippen molar-refractivity contribution < 1.29 is 14.3 Å². The number of rotatable bonds is 3. The Bertz CT molecular complexity index is 1080. The van der Waals surface area contributed by atoms with Crippen LogP contribution in [-0.4, -0.2) is 19.0 Å². The molecule has 4 nitrogen and oxygen atoms in total. The van der Waals surface area contributed by atoms with Gasteiger partial charge < -0.3 is 9.47 Å². The van der Waals surface area contributed by atoms with E-state index in [4.69, 9.17) is 32.7 Å². The summed E-state index contributed by atoms with van der Waals surface area (Å²) in [5.41, 5.74) is 1.04. The van der Waals surface area contributed by atoms with Crippen molar-refractivity contribution in [2.24, 2.45) is 4.99 Å². The lowest BCUT2D eigenvalue weighted by Crippen LogP contribution is -2.04. The van der Waals surface area contributed by atoms with Gasteiger partial charge in [0.25, 0.3) is 0 Å². The number of hydrogen-bond donors (Lipinski definition) is 0. The minimum atomic E-state index is -0.512. The molecule has 2 aromatic carbocycles. The predicted molar refractivity (Wildman–Crippen MR) is 105 cm³/mol. The molecular formula is C19H11Cl2NO3S. The number of methoxy groups -OCH3 is 1. The molecule has 0 bridgehead atoms. The van der Waals surface area contributed by atoms with E-state index in [2.05, 4.69) is 4.99 Å². The molecule has 0 aliphatic carbocycles. The van der Waals surface area contributed by atoms with Gasteiger partial charge in [0, 0.05) is 15.1 Å². The van der Waals surface area contributed by atoms with Gasteiger partial charge in [-0.25, -0.2) is 9.79 Å². The minimum absolute atomic E-state index is 0.206. The molecule has 0 spiro atoms. The first-order valence-corrected chi connectivity index (χ1v) is 9.17. The zero-order chi connectivity index (χ0) is 18.3. The highest BCUT2D eigenvalue weighted by Crippen LogP contribution is 2.38. The molecule has 26 heavy (non-hydrogen) atoms. The minimum Gasteiger partial charge on any atom is -0.497 e. The van der Waals surface area contributed by atoms with E-state index in [1.807, 2.05) is 36.4 Å². The van der Waals surface area contributed by atoms with E-state index in [9.17, 15) is 4.79 Å². The molecule has 0 unspecified atom stereocenters. The summed E-state index contributed by atoms with van der Waals surface area (Å²) in [4.78, 5) is 17.1. The van der Waals surface area contributed by atoms with Gasteiger partial charge in [-0.05, 0) is 35.9 Å². The van der Waals surface area contributed by atoms with Crippen LogP contribution in [-0.2, 0) is 9.53 Å². The maximum atomic E-state index is 12.2. The standard InChI is InChI=1S/C19H11Cl2NO3S/c1-24-12-5-2-10(3-6-12)8-14-19(23)25-18(22-14)17-16(21)13-7-4-11(20)9-15(13)26-17/h2-9H,1H3/b14-8+. The number of thiophene rings is 1. The first-order chi connectivity index (χ1) is 12.5. The van der Waals surface area contributed by atoms with E-state index in [0.717, 1.165) is 21.4 Å². The van der Waals surface area contributed by atoms with Crippen molar-refractivity contribution in [3.8, 4) is 5.75 Å². The van der Waals surface area contributed by atoms with Crippen LogP contribution in [0.3, 0.4) is 0 Å². The maximum absolute atomic E-state index is 12.2. The van der Waals surface area contributed by atoms with E-state index < -0.39 is 5.97 Å². The van der Waals surface area contributed by atoms with Crippen molar-refractivity contribution >= 4 is 62.6 Å². The van der Waals surface area contributed by atoms with Crippen LogP contribution >= 0.6 is 34.5 Å². The van der Waals surface area contributed by atoms with Gasteiger partial charge in [-0.3, -0.25) is 0 Å². The molecule has 7 heteroatoms. The molecule has 0 saturated heterocycles. The second kappa shape index (κ2) is 6.76. The van der Waals surface area contributed by atoms with Crippen LogP contribution in [0.15, 0.2) is 53.2 Å². The highest BCUT2D eigenvalue weighted by Gasteiger charge is 2.28. The average Bonchev–Trinajstić information content (AvgIpc) is 3.15. The molecular weight excluding hydrogens is 393 g/mol. The number of aliphatic imine (C=N–C) groups is 1. The topological polar surface area (TPSA) is 47.9 Å². The Morgan fingerprint density at radius 3 is 2.65 bits per heavy atom. The molecule has 2 heterocycles. The fourth-order valence-corrected chi connectivity index (χ4v) is 4.26. The number of halogens is 2. The molecule has 3 aromatic rings. The third kappa shape index (κ3) is 3.09. The van der Waals surface area contributed by atoms with Crippen LogP contribution in [0.2, 0.25) is 10.0 Å². The van der Waals surface area contributed by atoms with Crippen LogP contribution in [0, 0.1) is 0 Å². The van der Waals surface area contributed by atoms with E-state index in [0.29, 0.717) is 14.9 Å². The van der Waals surface area contributed by atoms with E-state index in [-0.39, 0.29) is 11.6 Å². The molecule has 4 rings (SSSR count). The first kappa shape index (κ1) is 17.1. The van der Waals surface area contributed by atoms with Gasteiger partial charge in [-0.1, -0.05) is 41.4 Å². The van der Waals surface area contributed by atoms with Crippen LogP contribution in [0.4, 0.5) is 0 Å². The molecule has 1 aliphatic rings. The number of benzene rings is 2. The Morgan fingerprint density at radius 1 is 1.15 bits per heavy atom. The van der Waals surface area contributed by atoms with Crippen LogP contribution in [0.25, 0.3) is 16.2 Å². The zero-order valence-corrected chi connectivity index (χ0v) is 15.8. The maximum Gasteiger partial charge on any atom is 0.363 e. The Morgan fingerprint density at radius 2 is 1.92 bits per heavy atom. The number of carbonyl (C=O) groups is 1. The Hall–Kier alpha value is -2.34. The normalized spacial score (nSPS) is 15.4. The molecule has 0 saturated carbocycles. The zero-order valence-electron chi connectivity index (χ0n) is 13.5. The highest BCUT2D eigenvalue weighted by molar-refractivity contribution is 7.21. The third-order valence-electron chi connectivity index (χ3n) is 3.83. The summed E-state index contributed by atoms with van der Waals surface area (Å²) >= 11 is 13.9. The number of nitrogens with zero attached hydrogens (tertiary/aromatic N) is 1. The second-order valence-corrected chi connectivity index (χ2v) is 7.36. The van der Waals surface area contributed by atoms with Gasteiger partial charge in [-0.2, -0.15) is 0 Å². The molecule has 0 N–H and O–H groups in total. The van der Waals surface area contributed by atoms with Gasteiger partial charge in [0.05, 0.1) is 12.1 Å². The van der Waals surface area contributed by atoms with Crippen molar-refractivity contribution in [1.29, 1.82) is 0 Å². The van der Waals surface area contributed by atoms with Gasteiger partial charge in [0.2, 0.25) is 5.90 Å². The summed E-state index contributed by atoms with van der Waals surface area (Å²) in [7, 11) is 1.60. The summed E-state index contributed by atoms with van der Waals surface area (Å²) in [6.07, 6.45) is 1.66. The fourth-order valence-electron chi connectivity index (χ4n) is 2.54. The van der Waals surface area contributed by atoms with Crippen molar-refractivity contribution in [3.05, 3.63) is 68.6 Å². The van der Waals surface area contributed by atoms with Gasteiger partial charge in [-0.15, -0.1) is 11.3 Å². The van der Waals surface area contributed by atoms with Crippen molar-refractivity contribution in [2.75, 3.05) is 7.11 Å². The van der Waals surface area contributed by atoms with Crippen LogP contribution in [0.5, 0.6) is 5.75 Å². The number of carbonyl (C=O) groups excluding carboxylic acids is 1. The summed E-state index contributed by atoms with van der Waals surface area (Å²) in [5, 5.41) is 1.97. The molecule has 0 radical (unpaired) electrons. The number of esters is 1. The van der Waals surface area contributed by atoms with E-state index in [1.54, 1.807) is 19.3 Å². The Kier molecular flexibility index (Phi) is 4.44. The molecule has 1 aromatic heterocycles. The number of hydrogen-bond acceptors (Lipinski definition) is 5. The quantitative estimate of drug-likeness (QED) is 0.424. The molecule has 1 aliphatic heterocycles. The molecule has 0 fully saturated rings. The van der Waals surface area contributed by atoms with Gasteiger partial charge >= 0.3 is 5.97 Å². The monoisotopic (exact) mass is 403 g/mol. The lowest BCUT2D eigenvalue weighted by atomic mass is 10.2. The first-order valence-electron chi connectivity index (χ1n) is 7.59. The predicted octanol–water partition coefficient (Wildman–Crippen LogP) is 5.56. The Labute approximate surface area is 163 Å². The molecule has 0 atom stereocenters. The van der Waals surface area contributed by atoms with Crippen molar-refractivity contribution in [2.45, 2.75) is 0 Å². The van der Waals surface area contributed by atoms with Gasteiger partial charge in [0.1, 0.15) is 10.6 Å². The smallest absolute Gasteiger partial charge is 0.363 e. The lowest BCUT2D eigenvalue weighted by Gasteiger charge is -1.99. The summed E-state index contributed by atoms with van der Waals surface area (Å²) in [6, 6.07) is 12.7. The molecule has 0 amide bonds. The highest BCUT2D eigenvalue weighted by atomic mass is 35.5. The molecule has 130 valence electrons. The average molecular weight is 404 g/mol. The summed E-state index contributed by atoms with van der Waals surface area (Å²) in [6.45, 7) is 0. The van der Waals surface area contributed by atoms with Crippen LogP contribution in [0.1, 0.15) is 10.4 Å². The van der Waals surface area contributed by atoms with Crippen molar-refractivity contribution in [1.82, 2.24) is 0 Å². The van der Waals surface area contributed by atoms with E-state index in [1.165, 1.54) is 11.3 Å². The van der Waals surface area contributed by atoms with Gasteiger partial charge in [0.15, 0.2) is 5.70 Å². The fraction of sp³-hybridized carbons (Fsp3) is 0.0526. The largest absolute Gasteiger partial charge is 0.497 e. The third-order valence-corrected chi connectivity index (χ3v) is 5.71. The second-order valence-electron chi connectivity index (χ2n) is 5.49. The number of cyclic esters (lactones) is 1. The lowest BCUT2D eigenvalue weighted by molar-refractivity contribution is -0.129. The SMILES string of the molecule is COc1ccc(/C=C2/N=C(c3sc4cc(Cl)ccc4c3Cl)OC2=O)cc1. The van der Waals surface area contributed by atoms with E-state index >= 15 is 0 Å². The van der Waals surface area contributed by atoms with Crippen molar-refractivity contribution in [3.63, 3.8) is 0 Å². The summed E-state index contributed by atoms with van der Waals surface area (Å²) < 4.78 is 11.4.